The van der Waals surface area contributed by atoms with Gasteiger partial charge in [-0.3, -0.25) is 0 Å². The Morgan fingerprint density at radius 3 is 2.47 bits per heavy atom. The molecule has 0 aliphatic heterocycles. The number of rotatable bonds is 6. The summed E-state index contributed by atoms with van der Waals surface area (Å²) in [6.07, 6.45) is 5.38. The van der Waals surface area contributed by atoms with Crippen LogP contribution in [0.3, 0.4) is 0 Å². The molecule has 0 heterocycles. The van der Waals surface area contributed by atoms with E-state index in [9.17, 15) is 5.11 Å². The fourth-order valence-corrected chi connectivity index (χ4v) is 2.61. The zero-order valence-corrected chi connectivity index (χ0v) is 10.4. The van der Waals surface area contributed by atoms with Crippen molar-refractivity contribution < 1.29 is 5.11 Å². The standard InChI is InChI=1S/C12H26N2O/c1-4-13-12(2,10-15)9-14(3)11-7-5-6-8-11/h11,13,15H,4-10H2,1-3H3. The average molecular weight is 214 g/mol. The summed E-state index contributed by atoms with van der Waals surface area (Å²) in [5, 5.41) is 12.8. The Labute approximate surface area is 93.9 Å². The Morgan fingerprint density at radius 2 is 2.00 bits per heavy atom. The maximum absolute atomic E-state index is 9.42. The third kappa shape index (κ3) is 3.74. The second kappa shape index (κ2) is 5.83. The molecule has 0 spiro atoms. The monoisotopic (exact) mass is 214 g/mol. The number of aliphatic hydroxyl groups is 1. The Kier molecular flexibility index (Phi) is 5.03. The molecule has 0 saturated heterocycles. The highest BCUT2D eigenvalue weighted by Crippen LogP contribution is 2.23. The van der Waals surface area contributed by atoms with Crippen molar-refractivity contribution in [3.05, 3.63) is 0 Å². The van der Waals surface area contributed by atoms with Gasteiger partial charge in [0.25, 0.3) is 0 Å². The molecule has 3 nitrogen and oxygen atoms in total. The van der Waals surface area contributed by atoms with E-state index < -0.39 is 0 Å². The first-order valence-electron chi connectivity index (χ1n) is 6.17. The molecular formula is C12H26N2O. The number of likely N-dealkylation sites (N-methyl/N-ethyl adjacent to an activating group) is 2. The van der Waals surface area contributed by atoms with Gasteiger partial charge in [0.05, 0.1) is 12.1 Å². The van der Waals surface area contributed by atoms with E-state index in [2.05, 4.69) is 31.1 Å². The minimum Gasteiger partial charge on any atom is -0.394 e. The van der Waals surface area contributed by atoms with E-state index in [-0.39, 0.29) is 12.1 Å². The minimum absolute atomic E-state index is 0.147. The molecule has 90 valence electrons. The Hall–Kier alpha value is -0.120. The molecule has 1 saturated carbocycles. The number of hydrogen-bond acceptors (Lipinski definition) is 3. The lowest BCUT2D eigenvalue weighted by molar-refractivity contribution is 0.114. The lowest BCUT2D eigenvalue weighted by Crippen LogP contribution is -2.54. The summed E-state index contributed by atoms with van der Waals surface area (Å²) in [6.45, 7) is 6.24. The third-order valence-corrected chi connectivity index (χ3v) is 3.50. The number of hydrogen-bond donors (Lipinski definition) is 2. The molecule has 0 radical (unpaired) electrons. The molecule has 1 aliphatic carbocycles. The van der Waals surface area contributed by atoms with Gasteiger partial charge in [-0.15, -0.1) is 0 Å². The largest absolute Gasteiger partial charge is 0.394 e. The highest BCUT2D eigenvalue weighted by molar-refractivity contribution is 4.87. The molecule has 0 bridgehead atoms. The molecule has 3 heteroatoms. The van der Waals surface area contributed by atoms with Crippen molar-refractivity contribution in [1.82, 2.24) is 10.2 Å². The van der Waals surface area contributed by atoms with Crippen molar-refractivity contribution in [3.63, 3.8) is 0 Å². The third-order valence-electron chi connectivity index (χ3n) is 3.50. The van der Waals surface area contributed by atoms with Crippen LogP contribution in [0.1, 0.15) is 39.5 Å². The van der Waals surface area contributed by atoms with Crippen LogP contribution in [0, 0.1) is 0 Å². The van der Waals surface area contributed by atoms with Crippen LogP contribution >= 0.6 is 0 Å². The van der Waals surface area contributed by atoms with E-state index >= 15 is 0 Å². The van der Waals surface area contributed by atoms with E-state index in [1.807, 2.05) is 0 Å². The van der Waals surface area contributed by atoms with Gasteiger partial charge in [0.2, 0.25) is 0 Å². The molecule has 1 aliphatic rings. The highest BCUT2D eigenvalue weighted by atomic mass is 16.3. The Balaban J connectivity index is 2.42. The molecular weight excluding hydrogens is 188 g/mol. The second-order valence-electron chi connectivity index (χ2n) is 5.10. The molecule has 0 aromatic carbocycles. The van der Waals surface area contributed by atoms with E-state index in [0.29, 0.717) is 0 Å². The van der Waals surface area contributed by atoms with Crippen molar-refractivity contribution in [2.45, 2.75) is 51.1 Å². The average Bonchev–Trinajstić information content (AvgIpc) is 2.71. The van der Waals surface area contributed by atoms with Crippen molar-refractivity contribution in [1.29, 1.82) is 0 Å². The van der Waals surface area contributed by atoms with Gasteiger partial charge in [0.15, 0.2) is 0 Å². The van der Waals surface area contributed by atoms with Gasteiger partial charge in [-0.05, 0) is 33.4 Å². The Morgan fingerprint density at radius 1 is 1.40 bits per heavy atom. The van der Waals surface area contributed by atoms with Crippen LogP contribution in [-0.4, -0.2) is 48.3 Å². The van der Waals surface area contributed by atoms with Gasteiger partial charge >= 0.3 is 0 Å². The van der Waals surface area contributed by atoms with E-state index in [1.165, 1.54) is 25.7 Å². The lowest BCUT2D eigenvalue weighted by Gasteiger charge is -2.35. The molecule has 2 N–H and O–H groups in total. The fourth-order valence-electron chi connectivity index (χ4n) is 2.61. The van der Waals surface area contributed by atoms with E-state index in [1.54, 1.807) is 0 Å². The molecule has 0 amide bonds. The van der Waals surface area contributed by atoms with Crippen LogP contribution in [0.25, 0.3) is 0 Å². The van der Waals surface area contributed by atoms with Crippen molar-refractivity contribution in [3.8, 4) is 0 Å². The summed E-state index contributed by atoms with van der Waals surface area (Å²) in [5.74, 6) is 0. The maximum Gasteiger partial charge on any atom is 0.0623 e. The first-order valence-corrected chi connectivity index (χ1v) is 6.17. The first kappa shape index (κ1) is 12.9. The van der Waals surface area contributed by atoms with Gasteiger partial charge in [0, 0.05) is 12.6 Å². The molecule has 1 fully saturated rings. The smallest absolute Gasteiger partial charge is 0.0623 e. The Bertz CT molecular complexity index is 180. The van der Waals surface area contributed by atoms with Crippen molar-refractivity contribution >= 4 is 0 Å². The van der Waals surface area contributed by atoms with Crippen LogP contribution in [0.15, 0.2) is 0 Å². The van der Waals surface area contributed by atoms with Gasteiger partial charge in [-0.1, -0.05) is 19.8 Å². The lowest BCUT2D eigenvalue weighted by atomic mass is 10.0. The normalized spacial score (nSPS) is 22.2. The number of aliphatic hydroxyl groups excluding tert-OH is 1. The molecule has 1 atom stereocenters. The summed E-state index contributed by atoms with van der Waals surface area (Å²) in [5.41, 5.74) is -0.147. The molecule has 15 heavy (non-hydrogen) atoms. The summed E-state index contributed by atoms with van der Waals surface area (Å²) in [7, 11) is 2.18. The van der Waals surface area contributed by atoms with Gasteiger partial charge in [0.1, 0.15) is 0 Å². The first-order chi connectivity index (χ1) is 7.11. The van der Waals surface area contributed by atoms with Gasteiger partial charge < -0.3 is 15.3 Å². The maximum atomic E-state index is 9.42. The fraction of sp³-hybridized carbons (Fsp3) is 1.00. The van der Waals surface area contributed by atoms with Crippen LogP contribution in [0.5, 0.6) is 0 Å². The molecule has 0 aromatic rings. The SMILES string of the molecule is CCNC(C)(CO)CN(C)C1CCCC1. The molecule has 0 aromatic heterocycles. The topological polar surface area (TPSA) is 35.5 Å². The van der Waals surface area contributed by atoms with Crippen LogP contribution in [-0.2, 0) is 0 Å². The summed E-state index contributed by atoms with van der Waals surface area (Å²) >= 11 is 0. The van der Waals surface area contributed by atoms with Gasteiger partial charge in [-0.2, -0.15) is 0 Å². The van der Waals surface area contributed by atoms with Crippen molar-refractivity contribution in [2.75, 3.05) is 26.7 Å². The van der Waals surface area contributed by atoms with Crippen LogP contribution in [0.4, 0.5) is 0 Å². The van der Waals surface area contributed by atoms with Crippen LogP contribution in [0.2, 0.25) is 0 Å². The zero-order chi connectivity index (χ0) is 11.3. The molecule has 1 rings (SSSR count). The van der Waals surface area contributed by atoms with Crippen LogP contribution < -0.4 is 5.32 Å². The highest BCUT2D eigenvalue weighted by Gasteiger charge is 2.28. The van der Waals surface area contributed by atoms with Gasteiger partial charge in [-0.25, -0.2) is 0 Å². The zero-order valence-electron chi connectivity index (χ0n) is 10.4. The van der Waals surface area contributed by atoms with Crippen molar-refractivity contribution in [2.24, 2.45) is 0 Å². The summed E-state index contributed by atoms with van der Waals surface area (Å²) in [6, 6.07) is 0.731. The minimum atomic E-state index is -0.147. The quantitative estimate of drug-likeness (QED) is 0.698. The number of nitrogens with one attached hydrogen (secondary N) is 1. The second-order valence-corrected chi connectivity index (χ2v) is 5.10. The van der Waals surface area contributed by atoms with E-state index in [4.69, 9.17) is 0 Å². The predicted molar refractivity (Wildman–Crippen MR) is 64.1 cm³/mol. The summed E-state index contributed by atoms with van der Waals surface area (Å²) < 4.78 is 0. The summed E-state index contributed by atoms with van der Waals surface area (Å²) in [4.78, 5) is 2.41. The predicted octanol–water partition coefficient (Wildman–Crippen LogP) is 1.22. The molecule has 1 unspecified atom stereocenters. The number of nitrogens with zero attached hydrogens (tertiary/aromatic N) is 1. The van der Waals surface area contributed by atoms with E-state index in [0.717, 1.165) is 19.1 Å².